The first-order valence-electron chi connectivity index (χ1n) is 6.23. The Kier molecular flexibility index (Phi) is 6.01. The van der Waals surface area contributed by atoms with Crippen molar-refractivity contribution in [2.45, 2.75) is 40.0 Å². The standard InChI is InChI=1S/C13H28NO2/c1-7-9-13(3,8-2)12(15)16-11-10-14(4,5)6/h7-11H2,1-6H3/q+1. The lowest BCUT2D eigenvalue weighted by Crippen LogP contribution is -2.39. The van der Waals surface area contributed by atoms with Gasteiger partial charge < -0.3 is 9.22 Å². The molecule has 3 heteroatoms. The Morgan fingerprint density at radius 3 is 2.19 bits per heavy atom. The number of quaternary nitrogens is 1. The highest BCUT2D eigenvalue weighted by Gasteiger charge is 2.32. The second-order valence-corrected chi connectivity index (χ2v) is 5.81. The van der Waals surface area contributed by atoms with E-state index in [-0.39, 0.29) is 11.4 Å². The van der Waals surface area contributed by atoms with Gasteiger partial charge in [-0.3, -0.25) is 4.79 Å². The van der Waals surface area contributed by atoms with E-state index in [2.05, 4.69) is 35.0 Å². The summed E-state index contributed by atoms with van der Waals surface area (Å²) in [5.74, 6) is -0.0368. The monoisotopic (exact) mass is 230 g/mol. The number of rotatable bonds is 7. The molecule has 0 heterocycles. The first-order valence-corrected chi connectivity index (χ1v) is 6.23. The number of nitrogens with zero attached hydrogens (tertiary/aromatic N) is 1. The van der Waals surface area contributed by atoms with Crippen LogP contribution in [-0.4, -0.2) is 44.7 Å². The van der Waals surface area contributed by atoms with Gasteiger partial charge in [0.05, 0.1) is 26.6 Å². The lowest BCUT2D eigenvalue weighted by Gasteiger charge is -2.27. The quantitative estimate of drug-likeness (QED) is 0.496. The van der Waals surface area contributed by atoms with Crippen molar-refractivity contribution in [2.75, 3.05) is 34.3 Å². The number of carbonyl (C=O) groups excluding carboxylic acids is 1. The molecular weight excluding hydrogens is 202 g/mol. The summed E-state index contributed by atoms with van der Waals surface area (Å²) >= 11 is 0. The number of likely N-dealkylation sites (N-methyl/N-ethyl adjacent to an activating group) is 1. The summed E-state index contributed by atoms with van der Waals surface area (Å²) in [4.78, 5) is 11.9. The summed E-state index contributed by atoms with van der Waals surface area (Å²) < 4.78 is 6.20. The lowest BCUT2D eigenvalue weighted by molar-refractivity contribution is -0.870. The highest BCUT2D eigenvalue weighted by Crippen LogP contribution is 2.28. The van der Waals surface area contributed by atoms with Crippen LogP contribution in [0.3, 0.4) is 0 Å². The van der Waals surface area contributed by atoms with Crippen LogP contribution in [0.1, 0.15) is 40.0 Å². The second-order valence-electron chi connectivity index (χ2n) is 5.81. The van der Waals surface area contributed by atoms with Crippen molar-refractivity contribution in [1.82, 2.24) is 0 Å². The molecule has 0 aliphatic rings. The zero-order chi connectivity index (χ0) is 12.8. The molecule has 96 valence electrons. The van der Waals surface area contributed by atoms with E-state index in [0.29, 0.717) is 6.61 Å². The van der Waals surface area contributed by atoms with Crippen LogP contribution >= 0.6 is 0 Å². The maximum absolute atomic E-state index is 11.9. The summed E-state index contributed by atoms with van der Waals surface area (Å²) in [6, 6.07) is 0. The van der Waals surface area contributed by atoms with Crippen molar-refractivity contribution in [2.24, 2.45) is 5.41 Å². The average Bonchev–Trinajstić information content (AvgIpc) is 2.15. The van der Waals surface area contributed by atoms with Crippen LogP contribution in [0, 0.1) is 5.41 Å². The molecule has 0 radical (unpaired) electrons. The molecule has 0 aliphatic heterocycles. The third-order valence-corrected chi connectivity index (χ3v) is 3.07. The van der Waals surface area contributed by atoms with Crippen molar-refractivity contribution >= 4 is 5.97 Å². The number of hydrogen-bond acceptors (Lipinski definition) is 2. The molecule has 0 spiro atoms. The SMILES string of the molecule is CCCC(C)(CC)C(=O)OCC[N+](C)(C)C. The molecule has 1 atom stereocenters. The van der Waals surface area contributed by atoms with Crippen LogP contribution < -0.4 is 0 Å². The van der Waals surface area contributed by atoms with Gasteiger partial charge in [-0.1, -0.05) is 20.3 Å². The van der Waals surface area contributed by atoms with E-state index in [1.165, 1.54) is 0 Å². The Morgan fingerprint density at radius 2 is 1.81 bits per heavy atom. The van der Waals surface area contributed by atoms with Gasteiger partial charge in [0.1, 0.15) is 13.2 Å². The maximum atomic E-state index is 11.9. The van der Waals surface area contributed by atoms with E-state index < -0.39 is 0 Å². The third-order valence-electron chi connectivity index (χ3n) is 3.07. The highest BCUT2D eigenvalue weighted by molar-refractivity contribution is 5.76. The van der Waals surface area contributed by atoms with Crippen LogP contribution in [0.5, 0.6) is 0 Å². The van der Waals surface area contributed by atoms with Crippen LogP contribution in [0.25, 0.3) is 0 Å². The fourth-order valence-corrected chi connectivity index (χ4v) is 1.56. The van der Waals surface area contributed by atoms with Crippen LogP contribution in [0.2, 0.25) is 0 Å². The first-order chi connectivity index (χ1) is 7.25. The molecule has 0 N–H and O–H groups in total. The van der Waals surface area contributed by atoms with Gasteiger partial charge in [0.25, 0.3) is 0 Å². The summed E-state index contributed by atoms with van der Waals surface area (Å²) in [6.07, 6.45) is 2.78. The van der Waals surface area contributed by atoms with Crippen molar-refractivity contribution in [3.8, 4) is 0 Å². The Bertz CT molecular complexity index is 220. The highest BCUT2D eigenvalue weighted by atomic mass is 16.5. The fraction of sp³-hybridized carbons (Fsp3) is 0.923. The first kappa shape index (κ1) is 15.4. The average molecular weight is 230 g/mol. The molecule has 0 saturated carbocycles. The molecule has 0 aromatic heterocycles. The molecule has 0 amide bonds. The Morgan fingerprint density at radius 1 is 1.25 bits per heavy atom. The van der Waals surface area contributed by atoms with Gasteiger partial charge in [-0.25, -0.2) is 0 Å². The molecular formula is C13H28NO2+. The van der Waals surface area contributed by atoms with Gasteiger partial charge in [0.15, 0.2) is 0 Å². The number of hydrogen-bond donors (Lipinski definition) is 0. The van der Waals surface area contributed by atoms with Gasteiger partial charge in [-0.05, 0) is 19.8 Å². The Hall–Kier alpha value is -0.570. The van der Waals surface area contributed by atoms with E-state index in [4.69, 9.17) is 4.74 Å². The molecule has 0 bridgehead atoms. The molecule has 0 fully saturated rings. The summed E-state index contributed by atoms with van der Waals surface area (Å²) in [5.41, 5.74) is -0.292. The van der Waals surface area contributed by atoms with Crippen LogP contribution in [0.4, 0.5) is 0 Å². The van der Waals surface area contributed by atoms with Gasteiger partial charge in [-0.2, -0.15) is 0 Å². The van der Waals surface area contributed by atoms with Crippen LogP contribution in [-0.2, 0) is 9.53 Å². The smallest absolute Gasteiger partial charge is 0.311 e. The van der Waals surface area contributed by atoms with Crippen molar-refractivity contribution in [1.29, 1.82) is 0 Å². The van der Waals surface area contributed by atoms with Crippen molar-refractivity contribution in [3.63, 3.8) is 0 Å². The number of ether oxygens (including phenoxy) is 1. The summed E-state index contributed by atoms with van der Waals surface area (Å²) in [7, 11) is 6.29. The maximum Gasteiger partial charge on any atom is 0.311 e. The second kappa shape index (κ2) is 6.24. The van der Waals surface area contributed by atoms with Gasteiger partial charge in [0.2, 0.25) is 0 Å². The summed E-state index contributed by atoms with van der Waals surface area (Å²) in [6.45, 7) is 7.54. The van der Waals surface area contributed by atoms with Crippen LogP contribution in [0.15, 0.2) is 0 Å². The van der Waals surface area contributed by atoms with E-state index in [1.54, 1.807) is 0 Å². The predicted molar refractivity (Wildman–Crippen MR) is 67.2 cm³/mol. The Balaban J connectivity index is 4.13. The van der Waals surface area contributed by atoms with Gasteiger partial charge in [-0.15, -0.1) is 0 Å². The predicted octanol–water partition coefficient (Wildman–Crippen LogP) is 2.45. The molecule has 1 unspecified atom stereocenters. The molecule has 16 heavy (non-hydrogen) atoms. The van der Waals surface area contributed by atoms with E-state index in [1.807, 2.05) is 6.92 Å². The van der Waals surface area contributed by atoms with Gasteiger partial charge in [0, 0.05) is 0 Å². The molecule has 3 nitrogen and oxygen atoms in total. The molecule has 0 saturated heterocycles. The largest absolute Gasteiger partial charge is 0.459 e. The van der Waals surface area contributed by atoms with Gasteiger partial charge >= 0.3 is 5.97 Å². The molecule has 0 aromatic carbocycles. The molecule has 0 rings (SSSR count). The number of carbonyl (C=O) groups is 1. The Labute approximate surface area is 100 Å². The minimum atomic E-state index is -0.292. The zero-order valence-electron chi connectivity index (χ0n) is 11.8. The normalized spacial score (nSPS) is 15.6. The number of esters is 1. The zero-order valence-corrected chi connectivity index (χ0v) is 11.8. The van der Waals surface area contributed by atoms with E-state index >= 15 is 0 Å². The minimum absolute atomic E-state index is 0.0368. The summed E-state index contributed by atoms with van der Waals surface area (Å²) in [5, 5.41) is 0. The van der Waals surface area contributed by atoms with Crippen molar-refractivity contribution < 1.29 is 14.0 Å². The lowest BCUT2D eigenvalue weighted by atomic mass is 9.83. The topological polar surface area (TPSA) is 26.3 Å². The third kappa shape index (κ3) is 5.50. The molecule has 0 aromatic rings. The minimum Gasteiger partial charge on any atom is -0.459 e. The fourth-order valence-electron chi connectivity index (χ4n) is 1.56. The van der Waals surface area contributed by atoms with E-state index in [9.17, 15) is 4.79 Å². The van der Waals surface area contributed by atoms with E-state index in [0.717, 1.165) is 30.3 Å². The van der Waals surface area contributed by atoms with Crippen molar-refractivity contribution in [3.05, 3.63) is 0 Å². The molecule has 0 aliphatic carbocycles.